The number of methoxy groups -OCH3 is 1. The van der Waals surface area contributed by atoms with Gasteiger partial charge in [0.15, 0.2) is 0 Å². The monoisotopic (exact) mass is 457 g/mol. The van der Waals surface area contributed by atoms with Crippen LogP contribution in [-0.2, 0) is 25.4 Å². The van der Waals surface area contributed by atoms with Crippen LogP contribution >= 0.6 is 0 Å². The first kappa shape index (κ1) is 26.2. The number of aromatic hydroxyl groups is 1. The van der Waals surface area contributed by atoms with Gasteiger partial charge in [0.05, 0.1) is 6.61 Å². The Morgan fingerprint density at radius 3 is 2.18 bits per heavy atom. The van der Waals surface area contributed by atoms with Crippen molar-refractivity contribution in [3.63, 3.8) is 0 Å². The molecule has 0 spiro atoms. The Labute approximate surface area is 196 Å². The molecule has 0 aliphatic rings. The molecule has 1 N–H and O–H groups in total. The normalized spacial score (nSPS) is 14.1. The Balaban J connectivity index is 2.36. The van der Waals surface area contributed by atoms with Crippen LogP contribution in [0.25, 0.3) is 0 Å². The molecule has 0 radical (unpaired) electrons. The van der Waals surface area contributed by atoms with E-state index in [1.54, 1.807) is 52.0 Å². The van der Waals surface area contributed by atoms with Crippen molar-refractivity contribution in [1.82, 2.24) is 4.90 Å². The van der Waals surface area contributed by atoms with E-state index >= 15 is 0 Å². The molecule has 0 bridgehead atoms. The Bertz CT molecular complexity index is 924. The number of benzene rings is 2. The number of hydrogen-bond donors (Lipinski definition) is 1. The van der Waals surface area contributed by atoms with Crippen LogP contribution in [0.5, 0.6) is 5.75 Å². The molecule has 2 aromatic rings. The molecule has 0 fully saturated rings. The maximum Gasteiger partial charge on any atom is 0.413 e. The summed E-state index contributed by atoms with van der Waals surface area (Å²) in [6.45, 7) is 8.71. The average molecular weight is 458 g/mol. The lowest BCUT2D eigenvalue weighted by atomic mass is 9.80. The van der Waals surface area contributed by atoms with E-state index in [0.717, 1.165) is 5.56 Å². The minimum atomic E-state index is -1.42. The highest BCUT2D eigenvalue weighted by Crippen LogP contribution is 2.35. The van der Waals surface area contributed by atoms with Gasteiger partial charge in [-0.2, -0.15) is 0 Å². The summed E-state index contributed by atoms with van der Waals surface area (Å²) >= 11 is 0. The molecule has 2 atom stereocenters. The van der Waals surface area contributed by atoms with Crippen molar-refractivity contribution in [3.8, 4) is 5.75 Å². The highest BCUT2D eigenvalue weighted by molar-refractivity contribution is 5.87. The Hall–Kier alpha value is -3.06. The topological polar surface area (TPSA) is 85.3 Å². The Kier molecular flexibility index (Phi) is 8.88. The van der Waals surface area contributed by atoms with Crippen LogP contribution in [-0.4, -0.2) is 53.7 Å². The Morgan fingerprint density at radius 2 is 1.61 bits per heavy atom. The smallest absolute Gasteiger partial charge is 0.413 e. The zero-order valence-corrected chi connectivity index (χ0v) is 20.3. The van der Waals surface area contributed by atoms with Gasteiger partial charge in [0.2, 0.25) is 0 Å². The van der Waals surface area contributed by atoms with E-state index < -0.39 is 29.1 Å². The molecule has 2 rings (SSSR count). The van der Waals surface area contributed by atoms with Crippen LogP contribution in [0, 0.1) is 0 Å². The lowest BCUT2D eigenvalue weighted by Crippen LogP contribution is -2.60. The van der Waals surface area contributed by atoms with Crippen molar-refractivity contribution in [2.75, 3.05) is 20.4 Å². The molecule has 1 unspecified atom stereocenters. The minimum Gasteiger partial charge on any atom is -0.508 e. The van der Waals surface area contributed by atoms with Gasteiger partial charge in [0, 0.05) is 19.4 Å². The highest BCUT2D eigenvalue weighted by Gasteiger charge is 2.50. The van der Waals surface area contributed by atoms with E-state index in [2.05, 4.69) is 0 Å². The van der Waals surface area contributed by atoms with Crippen molar-refractivity contribution in [3.05, 3.63) is 65.7 Å². The number of nitrogens with zero attached hydrogens (tertiary/aromatic N) is 1. The summed E-state index contributed by atoms with van der Waals surface area (Å²) in [5, 5.41) is 9.99. The number of hydrogen-bond acceptors (Lipinski definition) is 6. The molecular formula is C26H35NO6. The summed E-state index contributed by atoms with van der Waals surface area (Å²) in [7, 11) is 1.45. The second-order valence-corrected chi connectivity index (χ2v) is 9.12. The number of para-hydroxylation sites is 1. The molecule has 0 heterocycles. The molecule has 7 nitrogen and oxygen atoms in total. The second-order valence-electron chi connectivity index (χ2n) is 9.12. The number of amides is 1. The molecule has 0 saturated carbocycles. The number of phenols is 1. The minimum absolute atomic E-state index is 0.0443. The van der Waals surface area contributed by atoms with Gasteiger partial charge in [-0.25, -0.2) is 9.59 Å². The van der Waals surface area contributed by atoms with Crippen LogP contribution in [0.2, 0.25) is 0 Å². The van der Waals surface area contributed by atoms with Crippen molar-refractivity contribution in [1.29, 1.82) is 0 Å². The third kappa shape index (κ3) is 6.71. The summed E-state index contributed by atoms with van der Waals surface area (Å²) in [5.41, 5.74) is -0.640. The first-order chi connectivity index (χ1) is 15.5. The number of rotatable bonds is 9. The van der Waals surface area contributed by atoms with E-state index in [0.29, 0.717) is 12.0 Å². The predicted octanol–water partition coefficient (Wildman–Crippen LogP) is 4.88. The first-order valence-corrected chi connectivity index (χ1v) is 11.0. The second kappa shape index (κ2) is 11.2. The quantitative estimate of drug-likeness (QED) is 0.427. The maximum absolute atomic E-state index is 13.6. The predicted molar refractivity (Wildman–Crippen MR) is 126 cm³/mol. The molecule has 7 heteroatoms. The van der Waals surface area contributed by atoms with E-state index in [1.807, 2.05) is 37.3 Å². The standard InChI is InChI=1S/C26H35NO6/c1-19(20-12-8-7-9-13-20)26(5,27(18-31-6)24(30)33-25(2,3)4)23(29)32-17-16-21-14-10-11-15-22(21)28/h7-15,19,28H,16-18H2,1-6H3/t19?,26-/m0/s1. The number of carbonyl (C=O) groups excluding carboxylic acids is 2. The SMILES string of the molecule is COCN(C(=O)OC(C)(C)C)[C@](C)(C(=O)OCCc1ccccc1O)C(C)c1ccccc1. The van der Waals surface area contributed by atoms with Crippen molar-refractivity contribution in [2.45, 2.75) is 58.1 Å². The van der Waals surface area contributed by atoms with Gasteiger partial charge in [-0.1, -0.05) is 55.5 Å². The average Bonchev–Trinajstić information content (AvgIpc) is 2.77. The van der Waals surface area contributed by atoms with Crippen LogP contribution in [0.15, 0.2) is 54.6 Å². The van der Waals surface area contributed by atoms with Crippen LogP contribution in [0.1, 0.15) is 51.7 Å². The molecule has 0 aromatic heterocycles. The van der Waals surface area contributed by atoms with Gasteiger partial charge in [-0.15, -0.1) is 0 Å². The molecule has 180 valence electrons. The summed E-state index contributed by atoms with van der Waals surface area (Å²) < 4.78 is 16.5. The van der Waals surface area contributed by atoms with Crippen LogP contribution < -0.4 is 0 Å². The van der Waals surface area contributed by atoms with Crippen LogP contribution in [0.4, 0.5) is 4.79 Å². The van der Waals surface area contributed by atoms with Crippen LogP contribution in [0.3, 0.4) is 0 Å². The fourth-order valence-corrected chi connectivity index (χ4v) is 3.53. The van der Waals surface area contributed by atoms with Gasteiger partial charge < -0.3 is 19.3 Å². The molecule has 33 heavy (non-hydrogen) atoms. The van der Waals surface area contributed by atoms with Gasteiger partial charge >= 0.3 is 12.1 Å². The Morgan fingerprint density at radius 1 is 1.00 bits per heavy atom. The molecule has 0 aliphatic carbocycles. The fourth-order valence-electron chi connectivity index (χ4n) is 3.53. The van der Waals surface area contributed by atoms with Gasteiger partial charge in [-0.05, 0) is 44.9 Å². The maximum atomic E-state index is 13.6. The van der Waals surface area contributed by atoms with Crippen molar-refractivity contribution >= 4 is 12.1 Å². The van der Waals surface area contributed by atoms with Gasteiger partial charge in [-0.3, -0.25) is 4.90 Å². The fraction of sp³-hybridized carbons (Fsp3) is 0.462. The highest BCUT2D eigenvalue weighted by atomic mass is 16.6. The number of carbonyl (C=O) groups is 2. The lowest BCUT2D eigenvalue weighted by molar-refractivity contribution is -0.162. The van der Waals surface area contributed by atoms with Gasteiger partial charge in [0.1, 0.15) is 23.6 Å². The largest absolute Gasteiger partial charge is 0.508 e. The zero-order chi connectivity index (χ0) is 24.6. The van der Waals surface area contributed by atoms with E-state index in [-0.39, 0.29) is 19.1 Å². The molecular weight excluding hydrogens is 422 g/mol. The molecule has 1 amide bonds. The van der Waals surface area contributed by atoms with Crippen molar-refractivity contribution in [2.24, 2.45) is 0 Å². The third-order valence-corrected chi connectivity index (χ3v) is 5.58. The number of esters is 1. The number of phenolic OH excluding ortho intramolecular Hbond substituents is 1. The summed E-state index contributed by atoms with van der Waals surface area (Å²) in [6.07, 6.45) is -0.336. The van der Waals surface area contributed by atoms with E-state index in [1.165, 1.54) is 12.0 Å². The van der Waals surface area contributed by atoms with E-state index in [4.69, 9.17) is 14.2 Å². The zero-order valence-electron chi connectivity index (χ0n) is 20.3. The van der Waals surface area contributed by atoms with Crippen molar-refractivity contribution < 1.29 is 28.9 Å². The number of ether oxygens (including phenoxy) is 3. The summed E-state index contributed by atoms with van der Waals surface area (Å²) in [6, 6.07) is 16.3. The lowest BCUT2D eigenvalue weighted by Gasteiger charge is -2.43. The first-order valence-electron chi connectivity index (χ1n) is 11.0. The molecule has 0 saturated heterocycles. The van der Waals surface area contributed by atoms with E-state index in [9.17, 15) is 14.7 Å². The third-order valence-electron chi connectivity index (χ3n) is 5.58. The molecule has 0 aliphatic heterocycles. The summed E-state index contributed by atoms with van der Waals surface area (Å²) in [4.78, 5) is 28.0. The van der Waals surface area contributed by atoms with Gasteiger partial charge in [0.25, 0.3) is 0 Å². The molecule has 2 aromatic carbocycles. The summed E-state index contributed by atoms with van der Waals surface area (Å²) in [5.74, 6) is -0.875.